The van der Waals surface area contributed by atoms with Gasteiger partial charge in [0, 0.05) is 6.04 Å². The summed E-state index contributed by atoms with van der Waals surface area (Å²) in [6.45, 7) is 2.05. The van der Waals surface area contributed by atoms with Crippen LogP contribution >= 0.6 is 11.6 Å². The molecule has 0 spiro atoms. The van der Waals surface area contributed by atoms with Crippen molar-refractivity contribution >= 4 is 11.6 Å². The van der Waals surface area contributed by atoms with Crippen molar-refractivity contribution in [3.63, 3.8) is 0 Å². The minimum Gasteiger partial charge on any atom is -0.319 e. The van der Waals surface area contributed by atoms with E-state index in [9.17, 15) is 4.39 Å². The molecule has 17 heavy (non-hydrogen) atoms. The van der Waals surface area contributed by atoms with Crippen molar-refractivity contribution in [2.45, 2.75) is 12.5 Å². The summed E-state index contributed by atoms with van der Waals surface area (Å²) in [5.41, 5.74) is 1.11. The predicted octanol–water partition coefficient (Wildman–Crippen LogP) is 2.69. The average Bonchev–Trinajstić information content (AvgIpc) is 2.65. The fourth-order valence-corrected chi connectivity index (χ4v) is 2.91. The van der Waals surface area contributed by atoms with Gasteiger partial charge < -0.3 is 5.32 Å². The summed E-state index contributed by atoms with van der Waals surface area (Å²) in [4.78, 5) is 2.31. The van der Waals surface area contributed by atoms with E-state index in [1.807, 2.05) is 13.1 Å². The van der Waals surface area contributed by atoms with Gasteiger partial charge in [0.25, 0.3) is 0 Å². The van der Waals surface area contributed by atoms with E-state index in [0.29, 0.717) is 12.0 Å². The van der Waals surface area contributed by atoms with E-state index in [1.54, 1.807) is 6.07 Å². The standard InChI is InChI=1S/C13H18ClFN2/c1-16-8-10-5-6-17(2)13(10)9-3-4-12(15)11(14)7-9/h3-4,7,10,13,16H,5-6,8H2,1-2H3. The highest BCUT2D eigenvalue weighted by atomic mass is 35.5. The normalized spacial score (nSPS) is 25.4. The van der Waals surface area contributed by atoms with Gasteiger partial charge in [0.15, 0.2) is 0 Å². The zero-order valence-electron chi connectivity index (χ0n) is 10.2. The van der Waals surface area contributed by atoms with Gasteiger partial charge in [-0.3, -0.25) is 4.90 Å². The highest BCUT2D eigenvalue weighted by molar-refractivity contribution is 6.30. The van der Waals surface area contributed by atoms with E-state index < -0.39 is 0 Å². The Kier molecular flexibility index (Phi) is 4.02. The molecule has 2 nitrogen and oxygen atoms in total. The third-order valence-electron chi connectivity index (χ3n) is 3.53. The fraction of sp³-hybridized carbons (Fsp3) is 0.538. The molecule has 1 fully saturated rings. The molecule has 1 aliphatic heterocycles. The van der Waals surface area contributed by atoms with E-state index >= 15 is 0 Å². The summed E-state index contributed by atoms with van der Waals surface area (Å²) >= 11 is 5.86. The second-order valence-corrected chi connectivity index (χ2v) is 5.11. The third kappa shape index (κ3) is 2.62. The molecule has 1 N–H and O–H groups in total. The van der Waals surface area contributed by atoms with E-state index in [-0.39, 0.29) is 10.8 Å². The van der Waals surface area contributed by atoms with E-state index in [1.165, 1.54) is 6.07 Å². The molecule has 4 heteroatoms. The molecule has 0 amide bonds. The maximum atomic E-state index is 13.2. The van der Waals surface area contributed by atoms with Crippen LogP contribution in [0.3, 0.4) is 0 Å². The van der Waals surface area contributed by atoms with Gasteiger partial charge >= 0.3 is 0 Å². The number of nitrogens with zero attached hydrogens (tertiary/aromatic N) is 1. The number of benzene rings is 1. The quantitative estimate of drug-likeness (QED) is 0.895. The van der Waals surface area contributed by atoms with Crippen molar-refractivity contribution in [2.75, 3.05) is 27.2 Å². The minimum absolute atomic E-state index is 0.214. The summed E-state index contributed by atoms with van der Waals surface area (Å²) in [7, 11) is 4.07. The van der Waals surface area contributed by atoms with Crippen LogP contribution in [0.2, 0.25) is 5.02 Å². The Labute approximate surface area is 107 Å². The van der Waals surface area contributed by atoms with Crippen molar-refractivity contribution in [3.8, 4) is 0 Å². The zero-order valence-corrected chi connectivity index (χ0v) is 11.0. The molecule has 0 saturated carbocycles. The van der Waals surface area contributed by atoms with Gasteiger partial charge in [-0.1, -0.05) is 17.7 Å². The first kappa shape index (κ1) is 12.8. The molecule has 1 heterocycles. The van der Waals surface area contributed by atoms with Crippen molar-refractivity contribution in [3.05, 3.63) is 34.6 Å². The first-order valence-corrected chi connectivity index (χ1v) is 6.31. The zero-order chi connectivity index (χ0) is 12.4. The molecular weight excluding hydrogens is 239 g/mol. The fourth-order valence-electron chi connectivity index (χ4n) is 2.73. The van der Waals surface area contributed by atoms with Gasteiger partial charge in [-0.2, -0.15) is 0 Å². The van der Waals surface area contributed by atoms with Crippen LogP contribution in [0.1, 0.15) is 18.0 Å². The second-order valence-electron chi connectivity index (χ2n) is 4.71. The van der Waals surface area contributed by atoms with E-state index in [0.717, 1.165) is 25.1 Å². The van der Waals surface area contributed by atoms with Crippen LogP contribution in [0, 0.1) is 11.7 Å². The summed E-state index contributed by atoms with van der Waals surface area (Å²) in [5, 5.41) is 3.44. The molecule has 0 radical (unpaired) electrons. The van der Waals surface area contributed by atoms with Gasteiger partial charge in [-0.25, -0.2) is 4.39 Å². The molecule has 0 bridgehead atoms. The maximum Gasteiger partial charge on any atom is 0.141 e. The van der Waals surface area contributed by atoms with Gasteiger partial charge in [0.2, 0.25) is 0 Å². The largest absolute Gasteiger partial charge is 0.319 e. The Hall–Kier alpha value is -0.640. The lowest BCUT2D eigenvalue weighted by Gasteiger charge is -2.25. The van der Waals surface area contributed by atoms with Crippen molar-refractivity contribution < 1.29 is 4.39 Å². The predicted molar refractivity (Wildman–Crippen MR) is 68.8 cm³/mol. The van der Waals surface area contributed by atoms with Gasteiger partial charge in [0.1, 0.15) is 5.82 Å². The molecule has 2 atom stereocenters. The summed E-state index contributed by atoms with van der Waals surface area (Å²) in [5.74, 6) is 0.216. The van der Waals surface area contributed by atoms with Crippen LogP contribution in [0.25, 0.3) is 0 Å². The van der Waals surface area contributed by atoms with Crippen molar-refractivity contribution in [2.24, 2.45) is 5.92 Å². The highest BCUT2D eigenvalue weighted by Gasteiger charge is 2.32. The average molecular weight is 257 g/mol. The van der Waals surface area contributed by atoms with Crippen LogP contribution in [0.15, 0.2) is 18.2 Å². The Morgan fingerprint density at radius 2 is 2.29 bits per heavy atom. The SMILES string of the molecule is CNCC1CCN(C)C1c1ccc(F)c(Cl)c1. The van der Waals surface area contributed by atoms with Gasteiger partial charge in [0.05, 0.1) is 5.02 Å². The summed E-state index contributed by atoms with van der Waals surface area (Å²) < 4.78 is 13.2. The van der Waals surface area contributed by atoms with E-state index in [4.69, 9.17) is 11.6 Å². The van der Waals surface area contributed by atoms with Crippen LogP contribution < -0.4 is 5.32 Å². The topological polar surface area (TPSA) is 15.3 Å². The minimum atomic E-state index is -0.346. The number of halogens is 2. The molecule has 0 aliphatic carbocycles. The highest BCUT2D eigenvalue weighted by Crippen LogP contribution is 2.36. The van der Waals surface area contributed by atoms with Crippen LogP contribution in [-0.4, -0.2) is 32.1 Å². The lowest BCUT2D eigenvalue weighted by Crippen LogP contribution is -2.26. The Morgan fingerprint density at radius 1 is 1.53 bits per heavy atom. The van der Waals surface area contributed by atoms with Crippen LogP contribution in [0.5, 0.6) is 0 Å². The van der Waals surface area contributed by atoms with Crippen LogP contribution in [-0.2, 0) is 0 Å². The maximum absolute atomic E-state index is 13.2. The smallest absolute Gasteiger partial charge is 0.141 e. The summed E-state index contributed by atoms with van der Waals surface area (Å²) in [6.07, 6.45) is 1.16. The van der Waals surface area contributed by atoms with Gasteiger partial charge in [-0.05, 0) is 57.2 Å². The first-order chi connectivity index (χ1) is 8.13. The number of hydrogen-bond acceptors (Lipinski definition) is 2. The molecule has 2 rings (SSSR count). The van der Waals surface area contributed by atoms with Gasteiger partial charge in [-0.15, -0.1) is 0 Å². The Bertz CT molecular complexity index is 395. The molecule has 0 aromatic heterocycles. The lowest BCUT2D eigenvalue weighted by molar-refractivity contribution is 0.274. The number of nitrogens with one attached hydrogen (secondary N) is 1. The van der Waals surface area contributed by atoms with Crippen molar-refractivity contribution in [1.29, 1.82) is 0 Å². The van der Waals surface area contributed by atoms with Crippen molar-refractivity contribution in [1.82, 2.24) is 10.2 Å². The first-order valence-electron chi connectivity index (χ1n) is 5.93. The third-order valence-corrected chi connectivity index (χ3v) is 3.82. The number of rotatable bonds is 3. The van der Waals surface area contributed by atoms with E-state index in [2.05, 4.69) is 17.3 Å². The Morgan fingerprint density at radius 3 is 2.94 bits per heavy atom. The second kappa shape index (κ2) is 5.34. The molecule has 94 valence electrons. The summed E-state index contributed by atoms with van der Waals surface area (Å²) in [6, 6.07) is 5.39. The molecule has 1 aromatic rings. The Balaban J connectivity index is 2.26. The molecule has 1 saturated heterocycles. The molecular formula is C13H18ClFN2. The number of hydrogen-bond donors (Lipinski definition) is 1. The number of likely N-dealkylation sites (tertiary alicyclic amines) is 1. The van der Waals surface area contributed by atoms with Crippen LogP contribution in [0.4, 0.5) is 4.39 Å². The monoisotopic (exact) mass is 256 g/mol. The lowest BCUT2D eigenvalue weighted by atomic mass is 9.94. The molecule has 2 unspecified atom stereocenters. The molecule has 1 aromatic carbocycles. The molecule has 1 aliphatic rings.